The fourth-order valence-electron chi connectivity index (χ4n) is 11.7. The van der Waals surface area contributed by atoms with Gasteiger partial charge in [-0.3, -0.25) is 9.59 Å². The van der Waals surface area contributed by atoms with Crippen molar-refractivity contribution in [2.75, 3.05) is 118 Å². The van der Waals surface area contributed by atoms with Gasteiger partial charge in [-0.1, -0.05) is 27.7 Å². The predicted octanol–water partition coefficient (Wildman–Crippen LogP) is 10.7. The van der Waals surface area contributed by atoms with Crippen LogP contribution in [0.3, 0.4) is 0 Å². The molecule has 482 valence electrons. The monoisotopic (exact) mass is 1190 g/mol. The lowest BCUT2D eigenvalue weighted by molar-refractivity contribution is -0.121. The summed E-state index contributed by atoms with van der Waals surface area (Å²) < 4.78 is 0. The molecular weight excluding hydrogens is 1070 g/mol. The van der Waals surface area contributed by atoms with E-state index in [9.17, 15) is 9.59 Å². The van der Waals surface area contributed by atoms with Gasteiger partial charge in [-0.25, -0.2) is 9.97 Å². The van der Waals surface area contributed by atoms with Crippen molar-refractivity contribution in [3.63, 3.8) is 0 Å². The van der Waals surface area contributed by atoms with Crippen molar-refractivity contribution in [1.29, 1.82) is 0 Å². The van der Waals surface area contributed by atoms with Crippen molar-refractivity contribution in [1.82, 2.24) is 73.1 Å². The smallest absolute Gasteiger partial charge is 0.220 e. The molecule has 0 spiro atoms. The number of amides is 2. The molecule has 0 atom stereocenters. The maximum Gasteiger partial charge on any atom is 0.220 e. The molecular formula is C70H120N14O2. The Morgan fingerprint density at radius 3 is 1.03 bits per heavy atom. The van der Waals surface area contributed by atoms with Gasteiger partial charge in [0.25, 0.3) is 0 Å². The second kappa shape index (κ2) is 43.8. The van der Waals surface area contributed by atoms with Crippen LogP contribution in [0.1, 0.15) is 215 Å². The molecule has 0 aromatic carbocycles. The van der Waals surface area contributed by atoms with E-state index in [1.807, 2.05) is 0 Å². The Kier molecular flexibility index (Phi) is 36.6. The van der Waals surface area contributed by atoms with E-state index in [1.165, 1.54) is 99.3 Å². The fraction of sp³-hybridized carbons (Fsp3) is 0.686. The van der Waals surface area contributed by atoms with E-state index in [0.717, 1.165) is 210 Å². The number of aromatic amines is 2. The van der Waals surface area contributed by atoms with Crippen LogP contribution in [-0.4, -0.2) is 150 Å². The first kappa shape index (κ1) is 72.0. The number of carbonyl (C=O) groups excluding carboxylic acids is 2. The quantitative estimate of drug-likeness (QED) is 0.0238. The molecule has 0 radical (unpaired) electrons. The molecule has 0 aliphatic carbocycles. The van der Waals surface area contributed by atoms with Gasteiger partial charge < -0.3 is 63.1 Å². The van der Waals surface area contributed by atoms with Crippen LogP contribution >= 0.6 is 0 Å². The molecule has 3 aromatic heterocycles. The summed E-state index contributed by atoms with van der Waals surface area (Å²) in [6, 6.07) is 8.75. The molecule has 3 aromatic rings. The lowest BCUT2D eigenvalue weighted by Gasteiger charge is -2.09. The molecule has 2 aliphatic heterocycles. The maximum atomic E-state index is 13.5. The van der Waals surface area contributed by atoms with Gasteiger partial charge in [-0.05, 0) is 330 Å². The van der Waals surface area contributed by atoms with Crippen LogP contribution in [0.25, 0.3) is 44.4 Å². The van der Waals surface area contributed by atoms with E-state index in [2.05, 4.69) is 143 Å². The van der Waals surface area contributed by atoms with Gasteiger partial charge in [0.1, 0.15) is 0 Å². The summed E-state index contributed by atoms with van der Waals surface area (Å²) in [7, 11) is 0. The Hall–Kier alpha value is -4.78. The number of rotatable bonds is 50. The van der Waals surface area contributed by atoms with Crippen molar-refractivity contribution in [3.8, 4) is 0 Å². The Morgan fingerprint density at radius 2 is 0.651 bits per heavy atom. The van der Waals surface area contributed by atoms with Crippen molar-refractivity contribution >= 4 is 56.2 Å². The molecule has 16 nitrogen and oxygen atoms in total. The topological polar surface area (TPSA) is 212 Å². The first-order chi connectivity index (χ1) is 42.1. The standard InChI is InChI=1S/C70H120N14O2/c1-9-57-53(5)61-49-62-55(7)59(29-31-69(85)79-47-27-25-45-77-43-23-21-41-75-39-19-17-37-73-35-15-13-33-71-11-3)67(83-62)52-68-60(56(8)64(84-68)51-66-58(10-2)54(6)63(82-66)50-65(57)81-61)30-32-70(86)80-48-28-26-46-78-44-24-22-42-76-40-20-18-38-74-36-16-14-34-72-12-4/h49-52,71-78,81,84H,9-48H2,1-8H3,(H,79,85)(H,80,86). The summed E-state index contributed by atoms with van der Waals surface area (Å²) in [5, 5.41) is 34.8. The van der Waals surface area contributed by atoms with Crippen LogP contribution in [0.2, 0.25) is 0 Å². The first-order valence-electron chi connectivity index (χ1n) is 34.4. The zero-order valence-corrected chi connectivity index (χ0v) is 55.3. The molecule has 86 heavy (non-hydrogen) atoms. The molecule has 0 unspecified atom stereocenters. The third-order valence-corrected chi connectivity index (χ3v) is 17.2. The summed E-state index contributed by atoms with van der Waals surface area (Å²) in [6.07, 6.45) is 22.2. The number of nitrogens with zero attached hydrogens (tertiary/aromatic N) is 2. The normalized spacial score (nSPS) is 12.6. The number of hydrogen-bond donors (Lipinski definition) is 12. The van der Waals surface area contributed by atoms with Crippen molar-refractivity contribution in [2.24, 2.45) is 0 Å². The largest absolute Gasteiger partial charge is 0.356 e. The number of allylic oxidation sites excluding steroid dienone is 4. The highest BCUT2D eigenvalue weighted by Gasteiger charge is 2.22. The van der Waals surface area contributed by atoms with Crippen LogP contribution in [0.5, 0.6) is 0 Å². The third-order valence-electron chi connectivity index (χ3n) is 17.2. The molecule has 0 fully saturated rings. The SMILES string of the molecule is CCNCCCCNCCCCNCCCCNCCCCNC(=O)CCC1=C(C)c2cc3[nH]c(cc4nc(cc5[nH]c(cc1n2)c(CCC(=O)NCCCCNCCCCNCCCCNCCCCNCC)c5C)C(CC)=C4C)c(CC)c3C. The average Bonchev–Trinajstić information content (AvgIpc) is 2.33. The lowest BCUT2D eigenvalue weighted by atomic mass is 10.00. The zero-order chi connectivity index (χ0) is 61.4. The second-order valence-corrected chi connectivity index (χ2v) is 23.9. The Morgan fingerprint density at radius 1 is 0.349 bits per heavy atom. The van der Waals surface area contributed by atoms with Crippen molar-refractivity contribution < 1.29 is 9.59 Å². The van der Waals surface area contributed by atoms with Gasteiger partial charge in [0.15, 0.2) is 0 Å². The number of hydrogen-bond acceptors (Lipinski definition) is 12. The van der Waals surface area contributed by atoms with Crippen LogP contribution in [-0.2, 0) is 22.4 Å². The number of aryl methyl sites for hydroxylation is 4. The molecule has 8 bridgehead atoms. The first-order valence-corrected chi connectivity index (χ1v) is 34.4. The molecule has 5 rings (SSSR count). The summed E-state index contributed by atoms with van der Waals surface area (Å²) >= 11 is 0. The molecule has 2 amide bonds. The molecule has 2 aliphatic rings. The predicted molar refractivity (Wildman–Crippen MR) is 367 cm³/mol. The highest BCUT2D eigenvalue weighted by atomic mass is 16.2. The second-order valence-electron chi connectivity index (χ2n) is 23.9. The summed E-state index contributed by atoms with van der Waals surface area (Å²) in [4.78, 5) is 45.2. The highest BCUT2D eigenvalue weighted by Crippen LogP contribution is 2.37. The van der Waals surface area contributed by atoms with E-state index < -0.39 is 0 Å². The fourth-order valence-corrected chi connectivity index (χ4v) is 11.7. The van der Waals surface area contributed by atoms with E-state index in [0.29, 0.717) is 38.8 Å². The van der Waals surface area contributed by atoms with Gasteiger partial charge in [-0.2, -0.15) is 0 Å². The molecule has 12 N–H and O–H groups in total. The van der Waals surface area contributed by atoms with Gasteiger partial charge in [-0.15, -0.1) is 0 Å². The van der Waals surface area contributed by atoms with E-state index in [1.54, 1.807) is 0 Å². The van der Waals surface area contributed by atoms with Crippen LogP contribution in [0, 0.1) is 13.8 Å². The third kappa shape index (κ3) is 26.5. The Labute approximate surface area is 520 Å². The minimum absolute atomic E-state index is 0.0605. The summed E-state index contributed by atoms with van der Waals surface area (Å²) in [6.45, 7) is 35.9. The number of H-pyrrole nitrogens is 2. The molecule has 0 saturated heterocycles. The van der Waals surface area contributed by atoms with Crippen LogP contribution in [0.4, 0.5) is 0 Å². The Bertz CT molecular complexity index is 2650. The zero-order valence-electron chi connectivity index (χ0n) is 55.3. The number of nitrogens with one attached hydrogen (secondary N) is 12. The molecule has 5 heterocycles. The Balaban J connectivity index is 1.11. The lowest BCUT2D eigenvalue weighted by Crippen LogP contribution is -2.26. The maximum absolute atomic E-state index is 13.5. The summed E-state index contributed by atoms with van der Waals surface area (Å²) in [5.41, 5.74) is 17.0. The van der Waals surface area contributed by atoms with Gasteiger partial charge in [0.2, 0.25) is 11.8 Å². The highest BCUT2D eigenvalue weighted by molar-refractivity contribution is 5.95. The number of carbonyl (C=O) groups is 2. The van der Waals surface area contributed by atoms with E-state index in [-0.39, 0.29) is 11.8 Å². The molecule has 16 heteroatoms. The average molecular weight is 1190 g/mol. The number of aromatic nitrogens is 4. The van der Waals surface area contributed by atoms with Gasteiger partial charge in [0, 0.05) is 48.0 Å². The van der Waals surface area contributed by atoms with Gasteiger partial charge in [0.05, 0.1) is 22.8 Å². The van der Waals surface area contributed by atoms with Crippen molar-refractivity contribution in [3.05, 3.63) is 69.3 Å². The van der Waals surface area contributed by atoms with Gasteiger partial charge >= 0.3 is 0 Å². The summed E-state index contributed by atoms with van der Waals surface area (Å²) in [5.74, 6) is 0.125. The van der Waals surface area contributed by atoms with Crippen LogP contribution < -0.4 is 53.2 Å². The minimum Gasteiger partial charge on any atom is -0.356 e. The van der Waals surface area contributed by atoms with Crippen molar-refractivity contribution in [2.45, 2.75) is 197 Å². The molecule has 0 saturated carbocycles. The minimum atomic E-state index is 0.0605. The number of fused-ring (bicyclic) bond motifs is 8. The van der Waals surface area contributed by atoms with E-state index >= 15 is 0 Å². The number of unbranched alkanes of at least 4 members (excludes halogenated alkanes) is 8. The van der Waals surface area contributed by atoms with E-state index in [4.69, 9.17) is 9.97 Å². The van der Waals surface area contributed by atoms with Crippen LogP contribution in [0.15, 0.2) is 24.3 Å².